The van der Waals surface area contributed by atoms with Crippen molar-refractivity contribution < 1.29 is 19.1 Å². The molecule has 0 saturated carbocycles. The maximum absolute atomic E-state index is 13.2. The molecule has 1 fully saturated rings. The van der Waals surface area contributed by atoms with Crippen LogP contribution in [0.4, 0.5) is 0 Å². The minimum atomic E-state index is -0.997. The van der Waals surface area contributed by atoms with Crippen molar-refractivity contribution in [2.75, 3.05) is 6.54 Å². The molecule has 1 aliphatic rings. The van der Waals surface area contributed by atoms with Gasteiger partial charge in [-0.3, -0.25) is 9.59 Å². The average Bonchev–Trinajstić information content (AvgIpc) is 2.95. The summed E-state index contributed by atoms with van der Waals surface area (Å²) < 4.78 is 5.34. The van der Waals surface area contributed by atoms with Crippen molar-refractivity contribution in [2.24, 2.45) is 0 Å². The van der Waals surface area contributed by atoms with Crippen molar-refractivity contribution >= 4 is 11.9 Å². The number of nitrogens with zero attached hydrogens (tertiary/aromatic N) is 1. The molecule has 2 aromatic rings. The van der Waals surface area contributed by atoms with Gasteiger partial charge < -0.3 is 14.4 Å². The summed E-state index contributed by atoms with van der Waals surface area (Å²) in [5, 5.41) is 9.05. The van der Waals surface area contributed by atoms with Gasteiger partial charge in [-0.15, -0.1) is 0 Å². The lowest BCUT2D eigenvalue weighted by atomic mass is 9.94. The number of amides is 1. The number of piperidine rings is 1. The van der Waals surface area contributed by atoms with E-state index in [-0.39, 0.29) is 24.1 Å². The largest absolute Gasteiger partial charge is 0.481 e. The third kappa shape index (κ3) is 3.92. The van der Waals surface area contributed by atoms with Crippen LogP contribution >= 0.6 is 0 Å². The highest BCUT2D eigenvalue weighted by Gasteiger charge is 2.31. The van der Waals surface area contributed by atoms with Crippen molar-refractivity contribution in [3.63, 3.8) is 0 Å². The number of aliphatic carboxylic acids is 1. The van der Waals surface area contributed by atoms with Crippen molar-refractivity contribution in [1.29, 1.82) is 0 Å². The molecular formula is C20H23NO4. The van der Waals surface area contributed by atoms with Gasteiger partial charge in [-0.2, -0.15) is 0 Å². The molecule has 25 heavy (non-hydrogen) atoms. The highest BCUT2D eigenvalue weighted by Crippen LogP contribution is 2.26. The van der Waals surface area contributed by atoms with Crippen LogP contribution in [0.3, 0.4) is 0 Å². The molecular weight excluding hydrogens is 318 g/mol. The van der Waals surface area contributed by atoms with E-state index in [0.29, 0.717) is 17.7 Å². The fraction of sp³-hybridized carbons (Fsp3) is 0.400. The van der Waals surface area contributed by atoms with Crippen LogP contribution in [0.5, 0.6) is 0 Å². The number of benzene rings is 1. The first-order valence-electron chi connectivity index (χ1n) is 8.70. The van der Waals surface area contributed by atoms with Gasteiger partial charge in [0.1, 0.15) is 12.2 Å². The van der Waals surface area contributed by atoms with Crippen LogP contribution in [-0.2, 0) is 17.6 Å². The maximum Gasteiger partial charge on any atom is 0.311 e. The zero-order chi connectivity index (χ0) is 17.8. The summed E-state index contributed by atoms with van der Waals surface area (Å²) in [6, 6.07) is 10.3. The number of furan rings is 1. The van der Waals surface area contributed by atoms with Gasteiger partial charge in [0.25, 0.3) is 5.91 Å². The van der Waals surface area contributed by atoms with Gasteiger partial charge in [0.05, 0.1) is 11.8 Å². The fourth-order valence-electron chi connectivity index (χ4n) is 3.56. The van der Waals surface area contributed by atoms with Gasteiger partial charge in [0, 0.05) is 18.2 Å². The van der Waals surface area contributed by atoms with Crippen LogP contribution < -0.4 is 0 Å². The predicted octanol–water partition coefficient (Wildman–Crippen LogP) is 3.45. The van der Waals surface area contributed by atoms with E-state index in [1.807, 2.05) is 23.1 Å². The summed E-state index contributed by atoms with van der Waals surface area (Å²) in [7, 11) is 0. The molecule has 3 rings (SSSR count). The van der Waals surface area contributed by atoms with Gasteiger partial charge in [-0.05, 0) is 38.2 Å². The Morgan fingerprint density at radius 1 is 1.24 bits per heavy atom. The minimum absolute atomic E-state index is 0.108. The third-order valence-corrected chi connectivity index (χ3v) is 4.78. The molecule has 2 heterocycles. The Kier molecular flexibility index (Phi) is 5.22. The molecule has 0 aliphatic carbocycles. The first-order chi connectivity index (χ1) is 12.1. The van der Waals surface area contributed by atoms with Crippen molar-refractivity contribution in [3.8, 4) is 0 Å². The van der Waals surface area contributed by atoms with E-state index < -0.39 is 5.97 Å². The molecule has 5 heteroatoms. The molecule has 1 aromatic carbocycles. The topological polar surface area (TPSA) is 70.7 Å². The number of rotatable bonds is 5. The molecule has 1 saturated heterocycles. The number of carboxylic acids is 1. The van der Waals surface area contributed by atoms with Gasteiger partial charge >= 0.3 is 5.97 Å². The zero-order valence-corrected chi connectivity index (χ0v) is 14.4. The first kappa shape index (κ1) is 17.3. The van der Waals surface area contributed by atoms with Crippen LogP contribution in [0.25, 0.3) is 0 Å². The Morgan fingerprint density at radius 3 is 2.72 bits per heavy atom. The Bertz CT molecular complexity index is 750. The van der Waals surface area contributed by atoms with Gasteiger partial charge in [-0.25, -0.2) is 0 Å². The molecule has 1 aromatic heterocycles. The van der Waals surface area contributed by atoms with E-state index in [2.05, 4.69) is 12.1 Å². The fourth-order valence-corrected chi connectivity index (χ4v) is 3.56. The Hall–Kier alpha value is -2.56. The molecule has 5 nitrogen and oxygen atoms in total. The lowest BCUT2D eigenvalue weighted by molar-refractivity contribution is -0.136. The van der Waals surface area contributed by atoms with Crippen LogP contribution in [0, 0.1) is 6.92 Å². The predicted molar refractivity (Wildman–Crippen MR) is 93.6 cm³/mol. The minimum Gasteiger partial charge on any atom is -0.481 e. The van der Waals surface area contributed by atoms with Crippen molar-refractivity contribution in [1.82, 2.24) is 4.90 Å². The highest BCUT2D eigenvalue weighted by atomic mass is 16.4. The summed E-state index contributed by atoms with van der Waals surface area (Å²) in [6.07, 6.45) is 5.06. The smallest absolute Gasteiger partial charge is 0.311 e. The second-order valence-electron chi connectivity index (χ2n) is 6.63. The van der Waals surface area contributed by atoms with Crippen molar-refractivity contribution in [2.45, 2.75) is 45.1 Å². The number of hydrogen-bond acceptors (Lipinski definition) is 3. The lowest BCUT2D eigenvalue weighted by Crippen LogP contribution is -2.45. The number of carboxylic acid groups (broad SMARTS) is 1. The lowest BCUT2D eigenvalue weighted by Gasteiger charge is -2.36. The number of hydrogen-bond donors (Lipinski definition) is 1. The molecule has 1 unspecified atom stereocenters. The second kappa shape index (κ2) is 7.55. The number of likely N-dealkylation sites (tertiary alicyclic amines) is 1. The molecule has 0 spiro atoms. The van der Waals surface area contributed by atoms with Crippen LogP contribution in [0.2, 0.25) is 0 Å². The van der Waals surface area contributed by atoms with Crippen molar-refractivity contribution in [3.05, 3.63) is 59.0 Å². The maximum atomic E-state index is 13.2. The molecule has 132 valence electrons. The summed E-state index contributed by atoms with van der Waals surface area (Å²) in [6.45, 7) is 2.49. The number of carbonyl (C=O) groups is 2. The monoisotopic (exact) mass is 341 g/mol. The van der Waals surface area contributed by atoms with Crippen LogP contribution in [0.15, 0.2) is 41.0 Å². The number of aryl methyl sites for hydroxylation is 1. The van der Waals surface area contributed by atoms with Crippen LogP contribution in [0.1, 0.15) is 46.5 Å². The van der Waals surface area contributed by atoms with E-state index in [9.17, 15) is 9.59 Å². The van der Waals surface area contributed by atoms with Crippen LogP contribution in [-0.4, -0.2) is 34.5 Å². The molecule has 1 N–H and O–H groups in total. The Labute approximate surface area is 147 Å². The van der Waals surface area contributed by atoms with E-state index in [1.165, 1.54) is 11.8 Å². The quantitative estimate of drug-likeness (QED) is 0.904. The van der Waals surface area contributed by atoms with Gasteiger partial charge in [-0.1, -0.05) is 30.3 Å². The van der Waals surface area contributed by atoms with E-state index >= 15 is 0 Å². The molecule has 1 atom stereocenters. The summed E-state index contributed by atoms with van der Waals surface area (Å²) in [4.78, 5) is 26.1. The normalized spacial score (nSPS) is 17.5. The second-order valence-corrected chi connectivity index (χ2v) is 6.63. The van der Waals surface area contributed by atoms with Gasteiger partial charge in [0.15, 0.2) is 0 Å². The average molecular weight is 341 g/mol. The van der Waals surface area contributed by atoms with Gasteiger partial charge in [0.2, 0.25) is 0 Å². The molecule has 1 amide bonds. The molecule has 0 bridgehead atoms. The van der Waals surface area contributed by atoms with E-state index in [4.69, 9.17) is 9.52 Å². The first-order valence-corrected chi connectivity index (χ1v) is 8.70. The molecule has 0 radical (unpaired) electrons. The zero-order valence-electron chi connectivity index (χ0n) is 14.4. The van der Waals surface area contributed by atoms with E-state index in [0.717, 1.165) is 25.7 Å². The third-order valence-electron chi connectivity index (χ3n) is 4.78. The number of carbonyl (C=O) groups excluding carboxylic acids is 1. The van der Waals surface area contributed by atoms with E-state index in [1.54, 1.807) is 6.92 Å². The summed E-state index contributed by atoms with van der Waals surface area (Å²) >= 11 is 0. The highest BCUT2D eigenvalue weighted by molar-refractivity contribution is 5.97. The Balaban J connectivity index is 1.84. The Morgan fingerprint density at radius 2 is 2.00 bits per heavy atom. The standard InChI is InChI=1S/C20H23NO4/c1-14-13-25-17(12-18(22)23)19(14)20(24)21-10-6-5-9-16(21)11-15-7-3-2-4-8-15/h2-4,7-8,13,16H,5-6,9-12H2,1H3,(H,22,23). The SMILES string of the molecule is Cc1coc(CC(=O)O)c1C(=O)N1CCCCC1Cc1ccccc1. The summed E-state index contributed by atoms with van der Waals surface area (Å²) in [5.41, 5.74) is 2.33. The summed E-state index contributed by atoms with van der Waals surface area (Å²) in [5.74, 6) is -0.856. The molecule has 1 aliphatic heterocycles.